The molecule has 0 unspecified atom stereocenters. The summed E-state index contributed by atoms with van der Waals surface area (Å²) in [5.41, 5.74) is 0.946. The van der Waals surface area contributed by atoms with E-state index in [2.05, 4.69) is 15.2 Å². The summed E-state index contributed by atoms with van der Waals surface area (Å²) < 4.78 is 5.34. The smallest absolute Gasteiger partial charge is 0.199 e. The molecule has 0 atom stereocenters. The third-order valence-corrected chi connectivity index (χ3v) is 2.69. The summed E-state index contributed by atoms with van der Waals surface area (Å²) in [6.45, 7) is 2.12. The number of likely N-dealkylation sites (N-methyl/N-ethyl adjacent to an activating group) is 1. The van der Waals surface area contributed by atoms with Crippen LogP contribution < -0.4 is 5.32 Å². The zero-order valence-electron chi connectivity index (χ0n) is 9.72. The van der Waals surface area contributed by atoms with Crippen LogP contribution >= 0.6 is 12.2 Å². The number of para-hydroxylation sites is 1. The average Bonchev–Trinajstić information content (AvgIpc) is 2.33. The van der Waals surface area contributed by atoms with Crippen LogP contribution in [0.5, 0.6) is 0 Å². The molecule has 2 rings (SSSR count). The normalized spacial score (nSPS) is 18.2. The van der Waals surface area contributed by atoms with Gasteiger partial charge in [0, 0.05) is 19.3 Å². The Kier molecular flexibility index (Phi) is 4.06. The van der Waals surface area contributed by atoms with Gasteiger partial charge in [0.25, 0.3) is 0 Å². The Labute approximate surface area is 106 Å². The van der Waals surface area contributed by atoms with Crippen molar-refractivity contribution in [3.8, 4) is 0 Å². The molecule has 1 aromatic carbocycles. The lowest BCUT2D eigenvalue weighted by Gasteiger charge is -2.26. The molecule has 1 N–H and O–H groups in total. The van der Waals surface area contributed by atoms with E-state index in [0.717, 1.165) is 24.7 Å². The number of hydrogen-bond acceptors (Lipinski definition) is 2. The molecule has 17 heavy (non-hydrogen) atoms. The third kappa shape index (κ3) is 3.51. The first-order valence-electron chi connectivity index (χ1n) is 5.48. The lowest BCUT2D eigenvalue weighted by molar-refractivity contribution is 0.125. The molecule has 1 heterocycles. The zero-order chi connectivity index (χ0) is 12.1. The summed E-state index contributed by atoms with van der Waals surface area (Å²) in [6.07, 6.45) is 0. The molecule has 1 aliphatic rings. The Bertz CT molecular complexity index is 419. The van der Waals surface area contributed by atoms with E-state index in [0.29, 0.717) is 11.7 Å². The molecular weight excluding hydrogens is 234 g/mol. The SMILES string of the molecule is CN1CCOCC1=NC(=S)Nc1ccccc1. The van der Waals surface area contributed by atoms with E-state index in [-0.39, 0.29) is 0 Å². The summed E-state index contributed by atoms with van der Waals surface area (Å²) in [7, 11) is 1.99. The van der Waals surface area contributed by atoms with Gasteiger partial charge in [-0.3, -0.25) is 0 Å². The molecule has 1 aromatic rings. The zero-order valence-corrected chi connectivity index (χ0v) is 10.5. The number of amidine groups is 1. The number of rotatable bonds is 1. The highest BCUT2D eigenvalue weighted by atomic mass is 32.1. The number of hydrogen-bond donors (Lipinski definition) is 1. The summed E-state index contributed by atoms with van der Waals surface area (Å²) >= 11 is 5.19. The first-order chi connectivity index (χ1) is 8.25. The van der Waals surface area contributed by atoms with Gasteiger partial charge in [-0.05, 0) is 24.4 Å². The first kappa shape index (κ1) is 12.0. The van der Waals surface area contributed by atoms with Crippen molar-refractivity contribution in [3.05, 3.63) is 30.3 Å². The van der Waals surface area contributed by atoms with Gasteiger partial charge in [0.15, 0.2) is 5.11 Å². The molecule has 5 heteroatoms. The van der Waals surface area contributed by atoms with Crippen LogP contribution in [0.2, 0.25) is 0 Å². The van der Waals surface area contributed by atoms with Crippen LogP contribution in [0.3, 0.4) is 0 Å². The molecule has 1 aliphatic heterocycles. The summed E-state index contributed by atoms with van der Waals surface area (Å²) in [5, 5.41) is 3.53. The Balaban J connectivity index is 1.99. The first-order valence-corrected chi connectivity index (χ1v) is 5.89. The number of ether oxygens (including phenoxy) is 1. The lowest BCUT2D eigenvalue weighted by Crippen LogP contribution is -2.39. The molecule has 1 fully saturated rings. The van der Waals surface area contributed by atoms with E-state index in [4.69, 9.17) is 17.0 Å². The number of nitrogens with zero attached hydrogens (tertiary/aromatic N) is 2. The quantitative estimate of drug-likeness (QED) is 0.769. The second kappa shape index (κ2) is 5.75. The van der Waals surface area contributed by atoms with Gasteiger partial charge in [-0.25, -0.2) is 4.99 Å². The van der Waals surface area contributed by atoms with Gasteiger partial charge < -0.3 is 15.0 Å². The standard InChI is InChI=1S/C12H15N3OS/c1-15-7-8-16-9-11(15)14-12(17)13-10-5-3-2-4-6-10/h2-6H,7-9H2,1H3,(H,13,17). The Morgan fingerprint density at radius 1 is 1.41 bits per heavy atom. The highest BCUT2D eigenvalue weighted by molar-refractivity contribution is 7.80. The predicted octanol–water partition coefficient (Wildman–Crippen LogP) is 1.74. The monoisotopic (exact) mass is 249 g/mol. The van der Waals surface area contributed by atoms with Gasteiger partial charge in [0.2, 0.25) is 0 Å². The van der Waals surface area contributed by atoms with Crippen molar-refractivity contribution in [2.24, 2.45) is 4.99 Å². The van der Waals surface area contributed by atoms with Crippen molar-refractivity contribution in [1.82, 2.24) is 4.90 Å². The van der Waals surface area contributed by atoms with E-state index >= 15 is 0 Å². The van der Waals surface area contributed by atoms with Gasteiger partial charge in [-0.15, -0.1) is 0 Å². The number of thiocarbonyl (C=S) groups is 1. The minimum Gasteiger partial charge on any atom is -0.372 e. The Morgan fingerprint density at radius 2 is 2.18 bits per heavy atom. The number of benzene rings is 1. The van der Waals surface area contributed by atoms with Gasteiger partial charge in [0.05, 0.1) is 6.61 Å². The van der Waals surface area contributed by atoms with Crippen LogP contribution in [0.1, 0.15) is 0 Å². The van der Waals surface area contributed by atoms with Gasteiger partial charge in [-0.2, -0.15) is 0 Å². The molecule has 90 valence electrons. The van der Waals surface area contributed by atoms with E-state index in [1.54, 1.807) is 0 Å². The van der Waals surface area contributed by atoms with E-state index in [9.17, 15) is 0 Å². The lowest BCUT2D eigenvalue weighted by atomic mass is 10.3. The highest BCUT2D eigenvalue weighted by Gasteiger charge is 2.13. The molecule has 0 aliphatic carbocycles. The van der Waals surface area contributed by atoms with Crippen molar-refractivity contribution in [2.75, 3.05) is 32.1 Å². The summed E-state index contributed by atoms with van der Waals surface area (Å²) in [6, 6.07) is 9.77. The molecule has 1 saturated heterocycles. The van der Waals surface area contributed by atoms with Crippen molar-refractivity contribution in [1.29, 1.82) is 0 Å². The second-order valence-electron chi connectivity index (χ2n) is 3.80. The number of aliphatic imine (C=N–C) groups is 1. The number of anilines is 1. The maximum Gasteiger partial charge on any atom is 0.199 e. The van der Waals surface area contributed by atoms with Crippen molar-refractivity contribution >= 4 is 28.9 Å². The largest absolute Gasteiger partial charge is 0.372 e. The van der Waals surface area contributed by atoms with Crippen LogP contribution in [0.15, 0.2) is 35.3 Å². The Hall–Kier alpha value is -1.46. The molecule has 0 spiro atoms. The highest BCUT2D eigenvalue weighted by Crippen LogP contribution is 2.06. The van der Waals surface area contributed by atoms with Crippen molar-refractivity contribution < 1.29 is 4.74 Å². The fourth-order valence-corrected chi connectivity index (χ4v) is 1.74. The fourth-order valence-electron chi connectivity index (χ4n) is 1.51. The molecule has 0 amide bonds. The van der Waals surface area contributed by atoms with Crippen LogP contribution in [0.4, 0.5) is 5.69 Å². The molecule has 0 aromatic heterocycles. The van der Waals surface area contributed by atoms with E-state index in [1.807, 2.05) is 37.4 Å². The van der Waals surface area contributed by atoms with Crippen LogP contribution in [-0.4, -0.2) is 42.7 Å². The third-order valence-electron chi connectivity index (χ3n) is 2.50. The molecule has 0 bridgehead atoms. The minimum atomic E-state index is 0.462. The molecule has 4 nitrogen and oxygen atoms in total. The van der Waals surface area contributed by atoms with Gasteiger partial charge >= 0.3 is 0 Å². The van der Waals surface area contributed by atoms with Crippen molar-refractivity contribution in [2.45, 2.75) is 0 Å². The maximum atomic E-state index is 5.34. The molecule has 0 saturated carbocycles. The minimum absolute atomic E-state index is 0.462. The second-order valence-corrected chi connectivity index (χ2v) is 4.19. The summed E-state index contributed by atoms with van der Waals surface area (Å²) in [4.78, 5) is 6.41. The summed E-state index contributed by atoms with van der Waals surface area (Å²) in [5.74, 6) is 0.865. The molecular formula is C12H15N3OS. The van der Waals surface area contributed by atoms with Crippen LogP contribution in [0, 0.1) is 0 Å². The van der Waals surface area contributed by atoms with Crippen molar-refractivity contribution in [3.63, 3.8) is 0 Å². The number of nitrogens with one attached hydrogen (secondary N) is 1. The average molecular weight is 249 g/mol. The maximum absolute atomic E-state index is 5.34. The van der Waals surface area contributed by atoms with E-state index < -0.39 is 0 Å². The van der Waals surface area contributed by atoms with Crippen LogP contribution in [0.25, 0.3) is 0 Å². The molecule has 0 radical (unpaired) electrons. The van der Waals surface area contributed by atoms with E-state index in [1.165, 1.54) is 0 Å². The Morgan fingerprint density at radius 3 is 2.88 bits per heavy atom. The topological polar surface area (TPSA) is 36.9 Å². The fraction of sp³-hybridized carbons (Fsp3) is 0.333. The van der Waals surface area contributed by atoms with Gasteiger partial charge in [0.1, 0.15) is 12.4 Å². The van der Waals surface area contributed by atoms with Gasteiger partial charge in [-0.1, -0.05) is 18.2 Å². The number of morpholine rings is 1. The van der Waals surface area contributed by atoms with Crippen LogP contribution in [-0.2, 0) is 4.74 Å². The predicted molar refractivity (Wildman–Crippen MR) is 73.5 cm³/mol.